The Morgan fingerprint density at radius 2 is 1.53 bits per heavy atom. The minimum atomic E-state index is -1.19. The van der Waals surface area contributed by atoms with Gasteiger partial charge in [0.25, 0.3) is 0 Å². The second-order valence-electron chi connectivity index (χ2n) is 22.6. The molecule has 6 rings (SSSR count). The van der Waals surface area contributed by atoms with Crippen LogP contribution < -0.4 is 0 Å². The van der Waals surface area contributed by atoms with Crippen LogP contribution >= 0.6 is 11.6 Å². The van der Waals surface area contributed by atoms with Gasteiger partial charge in [-0.1, -0.05) is 77.8 Å². The summed E-state index contributed by atoms with van der Waals surface area (Å²) in [5, 5.41) is 22.9. The molecular formula is C49H72ClNO8. The smallest absolute Gasteiger partial charge is 0.410 e. The number of hydrogen-bond acceptors (Lipinski definition) is 7. The molecule has 0 aliphatic heterocycles. The van der Waals surface area contributed by atoms with Gasteiger partial charge >= 0.3 is 18.0 Å². The van der Waals surface area contributed by atoms with Gasteiger partial charge in [0.1, 0.15) is 11.7 Å². The third-order valence-electron chi connectivity index (χ3n) is 16.8. The fourth-order valence-electron chi connectivity index (χ4n) is 13.6. The van der Waals surface area contributed by atoms with Gasteiger partial charge in [-0.3, -0.25) is 14.4 Å². The number of halogens is 1. The molecule has 0 bridgehead atoms. The predicted octanol–water partition coefficient (Wildman–Crippen LogP) is 10.8. The summed E-state index contributed by atoms with van der Waals surface area (Å²) in [6.07, 6.45) is 5.48. The normalized spacial score (nSPS) is 34.6. The SMILES string of the molecule is CC(C)C1=C2[C@H]3CC[C@@H]4[C@@]5(C)CC[C@H](OC(=O)CC(C)(C)C(=O)O)C(C)(C)[C@@H]5CC[C@@]4(C)[C@]3(C)CC[C@@]2([C@@H](O)CN(Cc2ccc(Cl)cc2)C(=O)OC(C)(C)C)CC1=O. The van der Waals surface area contributed by atoms with E-state index in [4.69, 9.17) is 21.1 Å². The largest absolute Gasteiger partial charge is 0.481 e. The van der Waals surface area contributed by atoms with Gasteiger partial charge in [-0.15, -0.1) is 0 Å². The number of aliphatic hydroxyl groups excluding tert-OH is 1. The number of hydrogen-bond donors (Lipinski definition) is 2. The zero-order valence-corrected chi connectivity index (χ0v) is 38.7. The number of carbonyl (C=O) groups is 4. The van der Waals surface area contributed by atoms with Crippen molar-refractivity contribution >= 4 is 35.4 Å². The highest BCUT2D eigenvalue weighted by atomic mass is 35.5. The van der Waals surface area contributed by atoms with Crippen molar-refractivity contribution in [2.24, 2.45) is 56.2 Å². The van der Waals surface area contributed by atoms with E-state index in [9.17, 15) is 29.4 Å². The number of benzene rings is 1. The van der Waals surface area contributed by atoms with Crippen molar-refractivity contribution in [1.82, 2.24) is 4.90 Å². The summed E-state index contributed by atoms with van der Waals surface area (Å²) >= 11 is 6.20. The third-order valence-corrected chi connectivity index (χ3v) is 17.1. The minimum Gasteiger partial charge on any atom is -0.481 e. The number of carboxylic acids is 1. The predicted molar refractivity (Wildman–Crippen MR) is 229 cm³/mol. The number of ether oxygens (including phenoxy) is 2. The van der Waals surface area contributed by atoms with Gasteiger partial charge in [0.2, 0.25) is 0 Å². The number of ketones is 1. The van der Waals surface area contributed by atoms with Crippen molar-refractivity contribution < 1.29 is 38.9 Å². The van der Waals surface area contributed by atoms with Gasteiger partial charge in [0.15, 0.2) is 5.78 Å². The second-order valence-corrected chi connectivity index (χ2v) is 23.0. The first-order valence-corrected chi connectivity index (χ1v) is 22.6. The first-order valence-electron chi connectivity index (χ1n) is 22.2. The highest BCUT2D eigenvalue weighted by molar-refractivity contribution is 6.30. The highest BCUT2D eigenvalue weighted by Crippen LogP contribution is 2.77. The van der Waals surface area contributed by atoms with Crippen LogP contribution in [0.15, 0.2) is 35.4 Å². The lowest BCUT2D eigenvalue weighted by molar-refractivity contribution is -0.235. The molecule has 4 saturated carbocycles. The monoisotopic (exact) mass is 837 g/mol. The van der Waals surface area contributed by atoms with Crippen LogP contribution in [0.1, 0.15) is 153 Å². The molecule has 5 aliphatic carbocycles. The summed E-state index contributed by atoms with van der Waals surface area (Å²) < 4.78 is 12.1. The van der Waals surface area contributed by atoms with E-state index in [0.717, 1.165) is 61.7 Å². The Labute approximate surface area is 358 Å². The number of nitrogens with zero attached hydrogens (tertiary/aromatic N) is 1. The van der Waals surface area contributed by atoms with Crippen LogP contribution in [0.4, 0.5) is 4.79 Å². The lowest BCUT2D eigenvalue weighted by Crippen LogP contribution is -2.66. The van der Waals surface area contributed by atoms with Crippen LogP contribution in [-0.2, 0) is 30.4 Å². The molecule has 0 spiro atoms. The van der Waals surface area contributed by atoms with Crippen molar-refractivity contribution in [2.75, 3.05) is 6.54 Å². The van der Waals surface area contributed by atoms with E-state index < -0.39 is 40.6 Å². The molecule has 4 fully saturated rings. The Balaban J connectivity index is 1.30. The number of allylic oxidation sites excluding steroid dienone is 1. The molecule has 0 heterocycles. The number of fused-ring (bicyclic) bond motifs is 7. The molecule has 5 aliphatic rings. The second kappa shape index (κ2) is 15.5. The zero-order chi connectivity index (χ0) is 43.9. The molecule has 59 heavy (non-hydrogen) atoms. The highest BCUT2D eigenvalue weighted by Gasteiger charge is 2.71. The van der Waals surface area contributed by atoms with Crippen LogP contribution in [0.2, 0.25) is 5.02 Å². The number of esters is 1. The Kier molecular flexibility index (Phi) is 12.0. The fourth-order valence-corrected chi connectivity index (χ4v) is 13.8. The summed E-state index contributed by atoms with van der Waals surface area (Å²) in [6, 6.07) is 7.36. The van der Waals surface area contributed by atoms with E-state index >= 15 is 0 Å². The molecular weight excluding hydrogens is 766 g/mol. The van der Waals surface area contributed by atoms with Gasteiger partial charge in [-0.2, -0.15) is 0 Å². The van der Waals surface area contributed by atoms with E-state index in [0.29, 0.717) is 23.3 Å². The molecule has 10 heteroatoms. The fraction of sp³-hybridized carbons (Fsp3) is 0.755. The van der Waals surface area contributed by atoms with Crippen molar-refractivity contribution in [3.05, 3.63) is 46.0 Å². The maximum atomic E-state index is 14.3. The summed E-state index contributed by atoms with van der Waals surface area (Å²) in [6.45, 7) is 25.1. The van der Waals surface area contributed by atoms with Crippen molar-refractivity contribution in [3.8, 4) is 0 Å². The van der Waals surface area contributed by atoms with Gasteiger partial charge in [0.05, 0.1) is 24.5 Å². The van der Waals surface area contributed by atoms with Crippen molar-refractivity contribution in [2.45, 2.75) is 172 Å². The van der Waals surface area contributed by atoms with Gasteiger partial charge < -0.3 is 24.6 Å². The Bertz CT molecular complexity index is 1860. The number of carboxylic acid groups (broad SMARTS) is 1. The van der Waals surface area contributed by atoms with Crippen LogP contribution in [0.25, 0.3) is 0 Å². The molecule has 1 amide bonds. The van der Waals surface area contributed by atoms with Gasteiger partial charge in [0, 0.05) is 28.8 Å². The molecule has 0 saturated heterocycles. The molecule has 0 radical (unpaired) electrons. The van der Waals surface area contributed by atoms with Crippen LogP contribution in [0, 0.1) is 56.2 Å². The molecule has 0 aromatic heterocycles. The van der Waals surface area contributed by atoms with E-state index in [1.807, 2.05) is 32.9 Å². The maximum absolute atomic E-state index is 14.3. The zero-order valence-electron chi connectivity index (χ0n) is 37.9. The summed E-state index contributed by atoms with van der Waals surface area (Å²) in [7, 11) is 0. The Hall–Kier alpha value is -2.91. The van der Waals surface area contributed by atoms with Crippen LogP contribution in [-0.4, -0.2) is 63.3 Å². The molecule has 9 atom stereocenters. The number of amides is 1. The topological polar surface area (TPSA) is 130 Å². The van der Waals surface area contributed by atoms with Crippen molar-refractivity contribution in [3.63, 3.8) is 0 Å². The van der Waals surface area contributed by atoms with Gasteiger partial charge in [-0.25, -0.2) is 4.79 Å². The minimum absolute atomic E-state index is 0.00187. The summed E-state index contributed by atoms with van der Waals surface area (Å²) in [5.74, 6) is -0.477. The van der Waals surface area contributed by atoms with Crippen molar-refractivity contribution in [1.29, 1.82) is 0 Å². The van der Waals surface area contributed by atoms with Crippen LogP contribution in [0.5, 0.6) is 0 Å². The number of Topliss-reactive ketones (excluding diaryl/α,β-unsaturated/α-hetero) is 1. The first kappa shape index (κ1) is 45.6. The lowest BCUT2D eigenvalue weighted by Gasteiger charge is -2.72. The molecule has 9 nitrogen and oxygen atoms in total. The summed E-state index contributed by atoms with van der Waals surface area (Å²) in [5.41, 5.74) is -0.247. The van der Waals surface area contributed by atoms with E-state index in [1.54, 1.807) is 30.9 Å². The molecule has 328 valence electrons. The van der Waals surface area contributed by atoms with E-state index in [1.165, 1.54) is 0 Å². The molecule has 0 unspecified atom stereocenters. The Morgan fingerprint density at radius 1 is 0.881 bits per heavy atom. The van der Waals surface area contributed by atoms with Crippen LogP contribution in [0.3, 0.4) is 0 Å². The number of carbonyl (C=O) groups excluding carboxylic acids is 3. The summed E-state index contributed by atoms with van der Waals surface area (Å²) in [4.78, 5) is 54.7. The standard InChI is InChI=1S/C49H72ClNO8/c1-29(2)39-33(52)25-49(36(53)28-51(42(57)59-43(3,4)5)27-30-13-15-31(50)16-14-30)24-23-47(11)32(40(39)49)17-18-35-46(10)21-20-37(58-38(54)26-44(6,7)41(55)56)45(8,9)34(46)19-22-48(35,47)12/h13-16,29,32,34-37,53H,17-28H2,1-12H3,(H,55,56)/t32-,34+,35-,36+,37+,46+,47-,48-,49+/m1/s1. The number of rotatable bonds is 10. The quantitative estimate of drug-likeness (QED) is 0.223. The first-order chi connectivity index (χ1) is 27.1. The van der Waals surface area contributed by atoms with E-state index in [-0.39, 0.29) is 71.3 Å². The van der Waals surface area contributed by atoms with Gasteiger partial charge in [-0.05, 0) is 149 Å². The molecule has 1 aromatic carbocycles. The average Bonchev–Trinajstić information content (AvgIpc) is 3.42. The maximum Gasteiger partial charge on any atom is 0.410 e. The van der Waals surface area contributed by atoms with E-state index in [2.05, 4.69) is 48.5 Å². The molecule has 2 N–H and O–H groups in total. The number of aliphatic hydroxyl groups is 1. The third kappa shape index (κ3) is 7.80. The number of aliphatic carboxylic acids is 1. The Morgan fingerprint density at radius 3 is 2.12 bits per heavy atom. The lowest BCUT2D eigenvalue weighted by atomic mass is 9.33. The molecule has 1 aromatic rings. The average molecular weight is 839 g/mol.